The Balaban J connectivity index is 2.12. The minimum atomic E-state index is -0.643. The molecule has 0 aliphatic carbocycles. The molecule has 2 rings (SSSR count). The molecule has 29 heavy (non-hydrogen) atoms. The second-order valence-electron chi connectivity index (χ2n) is 6.78. The van der Waals surface area contributed by atoms with Crippen LogP contribution in [0.1, 0.15) is 60.2 Å². The summed E-state index contributed by atoms with van der Waals surface area (Å²) < 4.78 is 25.6. The van der Waals surface area contributed by atoms with Gasteiger partial charge in [0.15, 0.2) is 10.6 Å². The molecule has 0 aliphatic rings. The summed E-state index contributed by atoms with van der Waals surface area (Å²) in [6.45, 7) is 0. The van der Waals surface area contributed by atoms with E-state index in [1.807, 2.05) is 48.2 Å². The molecule has 0 aromatic heterocycles. The summed E-state index contributed by atoms with van der Waals surface area (Å²) in [6, 6.07) is 20.8. The molecule has 0 radical (unpaired) electrons. The minimum absolute atomic E-state index is 0.286. The summed E-state index contributed by atoms with van der Waals surface area (Å²) in [4.78, 5) is 0. The van der Waals surface area contributed by atoms with Crippen LogP contribution in [0.5, 0.6) is 0 Å². The van der Waals surface area contributed by atoms with E-state index < -0.39 is 10.6 Å². The highest BCUT2D eigenvalue weighted by atomic mass is 35.5. The molecule has 0 saturated heterocycles. The molecule has 156 valence electrons. The number of hydrogen-bond donors (Lipinski definition) is 0. The molecule has 0 nitrogen and oxygen atoms in total. The van der Waals surface area contributed by atoms with Crippen molar-refractivity contribution in [1.82, 2.24) is 0 Å². The third-order valence-corrected chi connectivity index (χ3v) is 6.59. The van der Waals surface area contributed by atoms with Crippen molar-refractivity contribution < 1.29 is 8.78 Å². The summed E-state index contributed by atoms with van der Waals surface area (Å²) in [6.07, 6.45) is 7.66. The molecule has 2 unspecified atom stereocenters. The van der Waals surface area contributed by atoms with Crippen LogP contribution in [-0.4, -0.2) is 0 Å². The number of benzene rings is 2. The van der Waals surface area contributed by atoms with Crippen LogP contribution in [0.3, 0.4) is 0 Å². The van der Waals surface area contributed by atoms with Gasteiger partial charge >= 0.3 is 0 Å². The number of unbranched alkanes of at least 4 members (excludes halogenated alkanes) is 2. The van der Waals surface area contributed by atoms with Gasteiger partial charge in [-0.3, -0.25) is 0 Å². The Morgan fingerprint density at radius 3 is 1.45 bits per heavy atom. The number of allylic oxidation sites excluding steroid dienone is 2. The number of hydrogen-bond acceptors (Lipinski definition) is 1. The molecule has 0 fully saturated rings. The summed E-state index contributed by atoms with van der Waals surface area (Å²) in [5.74, 6) is 0. The van der Waals surface area contributed by atoms with E-state index in [0.717, 1.165) is 25.7 Å². The molecule has 0 aliphatic heterocycles. The smallest absolute Gasteiger partial charge is 0.185 e. The van der Waals surface area contributed by atoms with Gasteiger partial charge in [-0.25, -0.2) is 0 Å². The monoisotopic (exact) mass is 454 g/mol. The van der Waals surface area contributed by atoms with Crippen molar-refractivity contribution in [1.29, 1.82) is 0 Å². The van der Waals surface area contributed by atoms with Crippen LogP contribution >= 0.6 is 35.0 Å². The zero-order chi connectivity index (χ0) is 20.9. The maximum absolute atomic E-state index is 12.8. The van der Waals surface area contributed by atoms with Crippen LogP contribution in [-0.2, 0) is 0 Å². The van der Waals surface area contributed by atoms with Gasteiger partial charge in [-0.15, -0.1) is 11.8 Å². The van der Waals surface area contributed by atoms with Crippen molar-refractivity contribution in [3.05, 3.63) is 94.5 Å². The first-order chi connectivity index (χ1) is 14.1. The Labute approximate surface area is 187 Å². The highest BCUT2D eigenvalue weighted by Gasteiger charge is 2.20. The van der Waals surface area contributed by atoms with Gasteiger partial charge in [0.1, 0.15) is 0 Å². The Morgan fingerprint density at radius 2 is 1.10 bits per heavy atom. The van der Waals surface area contributed by atoms with Crippen molar-refractivity contribution in [3.8, 4) is 0 Å². The third-order valence-electron chi connectivity index (χ3n) is 4.61. The van der Waals surface area contributed by atoms with Crippen LogP contribution in [0.25, 0.3) is 0 Å². The molecule has 5 heteroatoms. The average molecular weight is 455 g/mol. The fourth-order valence-electron chi connectivity index (χ4n) is 3.19. The molecule has 0 spiro atoms. The van der Waals surface area contributed by atoms with Gasteiger partial charge in [-0.2, -0.15) is 8.78 Å². The predicted molar refractivity (Wildman–Crippen MR) is 124 cm³/mol. The molecule has 0 heterocycles. The minimum Gasteiger partial charge on any atom is -0.194 e. The highest BCUT2D eigenvalue weighted by molar-refractivity contribution is 7.99. The van der Waals surface area contributed by atoms with Crippen LogP contribution in [0.2, 0.25) is 0 Å². The number of thioether (sulfide) groups is 1. The number of rotatable bonds is 12. The lowest BCUT2D eigenvalue weighted by Gasteiger charge is -2.24. The van der Waals surface area contributed by atoms with E-state index >= 15 is 0 Å². The van der Waals surface area contributed by atoms with Crippen LogP contribution < -0.4 is 0 Å². The molecular formula is C24H26Cl2F2S. The molecule has 2 aromatic rings. The average Bonchev–Trinajstić information content (AvgIpc) is 2.73. The van der Waals surface area contributed by atoms with Crippen molar-refractivity contribution in [3.63, 3.8) is 0 Å². The largest absolute Gasteiger partial charge is 0.194 e. The fraction of sp³-hybridized carbons (Fsp3) is 0.333. The molecular weight excluding hydrogens is 429 g/mol. The van der Waals surface area contributed by atoms with Gasteiger partial charge < -0.3 is 0 Å². The first kappa shape index (κ1) is 24.0. The van der Waals surface area contributed by atoms with E-state index in [0.29, 0.717) is 12.8 Å². The van der Waals surface area contributed by atoms with Gasteiger partial charge in [-0.1, -0.05) is 83.9 Å². The summed E-state index contributed by atoms with van der Waals surface area (Å²) in [5.41, 5.74) is 2.53. The zero-order valence-corrected chi connectivity index (χ0v) is 18.6. The van der Waals surface area contributed by atoms with Crippen molar-refractivity contribution in [2.24, 2.45) is 0 Å². The van der Waals surface area contributed by atoms with Crippen molar-refractivity contribution >= 4 is 35.0 Å². The maximum atomic E-state index is 12.8. The van der Waals surface area contributed by atoms with Gasteiger partial charge in [0, 0.05) is 10.5 Å². The van der Waals surface area contributed by atoms with Crippen LogP contribution in [0.4, 0.5) is 8.78 Å². The zero-order valence-electron chi connectivity index (χ0n) is 16.2. The lowest BCUT2D eigenvalue weighted by Crippen LogP contribution is -2.01. The molecule has 0 amide bonds. The Hall–Kier alpha value is -1.29. The molecule has 0 saturated carbocycles. The van der Waals surface area contributed by atoms with E-state index in [1.54, 1.807) is 0 Å². The van der Waals surface area contributed by atoms with E-state index in [2.05, 4.69) is 24.3 Å². The Kier molecular flexibility index (Phi) is 11.5. The van der Waals surface area contributed by atoms with Gasteiger partial charge in [0.25, 0.3) is 0 Å². The van der Waals surface area contributed by atoms with Crippen molar-refractivity contribution in [2.75, 3.05) is 0 Å². The quantitative estimate of drug-likeness (QED) is 0.287. The highest BCUT2D eigenvalue weighted by Crippen LogP contribution is 2.45. The summed E-state index contributed by atoms with van der Waals surface area (Å²) in [7, 11) is 0. The van der Waals surface area contributed by atoms with Gasteiger partial charge in [0.05, 0.1) is 0 Å². The SMILES string of the molecule is FC(Cl)=CCCCC(SC(CCCC=C(F)Cl)c1ccccc1)c1ccccc1. The number of halogens is 4. The van der Waals surface area contributed by atoms with Gasteiger partial charge in [-0.05, 0) is 61.8 Å². The van der Waals surface area contributed by atoms with Crippen molar-refractivity contribution in [2.45, 2.75) is 49.0 Å². The lowest BCUT2D eigenvalue weighted by atomic mass is 10.1. The topological polar surface area (TPSA) is 0 Å². The van der Waals surface area contributed by atoms with E-state index in [4.69, 9.17) is 23.2 Å². The Bertz CT molecular complexity index is 689. The fourth-order valence-corrected chi connectivity index (χ4v) is 5.04. The lowest BCUT2D eigenvalue weighted by molar-refractivity contribution is 0.667. The second kappa shape index (κ2) is 13.8. The molecule has 0 bridgehead atoms. The summed E-state index contributed by atoms with van der Waals surface area (Å²) in [5, 5.41) is -0.715. The van der Waals surface area contributed by atoms with Crippen LogP contribution in [0, 0.1) is 0 Å². The van der Waals surface area contributed by atoms with E-state index in [1.165, 1.54) is 23.3 Å². The van der Waals surface area contributed by atoms with E-state index in [9.17, 15) is 8.78 Å². The molecule has 2 atom stereocenters. The standard InChI is InChI=1S/C24H26Cl2F2S/c25-23(27)17-9-7-15-21(19-11-3-1-4-12-19)29-22(16-8-10-18-24(26)28)20-13-5-2-6-14-20/h1-6,11-14,17-18,21-22H,7-10,15-16H2. The first-order valence-electron chi connectivity index (χ1n) is 9.84. The second-order valence-corrected chi connectivity index (χ2v) is 8.92. The van der Waals surface area contributed by atoms with E-state index in [-0.39, 0.29) is 10.5 Å². The normalized spacial score (nSPS) is 14.6. The predicted octanol–water partition coefficient (Wildman–Crippen LogP) is 9.64. The molecule has 2 aromatic carbocycles. The van der Waals surface area contributed by atoms with Crippen LogP contribution in [0.15, 0.2) is 83.4 Å². The third kappa shape index (κ3) is 9.84. The Morgan fingerprint density at radius 1 is 0.724 bits per heavy atom. The van der Waals surface area contributed by atoms with Gasteiger partial charge in [0.2, 0.25) is 0 Å². The first-order valence-corrected chi connectivity index (χ1v) is 11.5. The molecule has 0 N–H and O–H groups in total. The maximum Gasteiger partial charge on any atom is 0.185 e. The summed E-state index contributed by atoms with van der Waals surface area (Å²) >= 11 is 12.6.